The van der Waals surface area contributed by atoms with Crippen LogP contribution < -0.4 is 4.90 Å². The second-order valence-electron chi connectivity index (χ2n) is 8.10. The Bertz CT molecular complexity index is 660. The van der Waals surface area contributed by atoms with Crippen LogP contribution in [0.25, 0.3) is 0 Å². The number of benzene rings is 1. The summed E-state index contributed by atoms with van der Waals surface area (Å²) in [6, 6.07) is 7.76. The largest absolute Gasteiger partial charge is 0.371 e. The molecule has 5 heteroatoms. The van der Waals surface area contributed by atoms with Gasteiger partial charge in [-0.15, -0.1) is 0 Å². The summed E-state index contributed by atoms with van der Waals surface area (Å²) in [5.74, 6) is 1.46. The van der Waals surface area contributed by atoms with E-state index in [0.717, 1.165) is 62.9 Å². The van der Waals surface area contributed by atoms with Crippen LogP contribution in [-0.2, 0) is 4.79 Å². The molecule has 140 valence electrons. The Morgan fingerprint density at radius 3 is 2.27 bits per heavy atom. The van der Waals surface area contributed by atoms with Crippen LogP contribution in [0.4, 0.5) is 5.69 Å². The Kier molecular flexibility index (Phi) is 4.98. The van der Waals surface area contributed by atoms with Crippen molar-refractivity contribution < 1.29 is 9.59 Å². The minimum absolute atomic E-state index is 0.0897. The average molecular weight is 355 g/mol. The molecular formula is C21H29N3O2. The third kappa shape index (κ3) is 3.93. The Hall–Kier alpha value is -1.88. The van der Waals surface area contributed by atoms with Gasteiger partial charge in [-0.25, -0.2) is 0 Å². The normalized spacial score (nSPS) is 24.1. The van der Waals surface area contributed by atoms with Crippen molar-refractivity contribution >= 4 is 17.4 Å². The van der Waals surface area contributed by atoms with Crippen LogP contribution in [0.2, 0.25) is 0 Å². The number of nitrogens with zero attached hydrogens (tertiary/aromatic N) is 3. The molecule has 1 saturated carbocycles. The summed E-state index contributed by atoms with van der Waals surface area (Å²) in [6.07, 6.45) is 3.71. The zero-order chi connectivity index (χ0) is 18.1. The second-order valence-corrected chi connectivity index (χ2v) is 8.10. The molecular weight excluding hydrogens is 326 g/mol. The van der Waals surface area contributed by atoms with Crippen molar-refractivity contribution in [2.45, 2.75) is 26.2 Å². The Morgan fingerprint density at radius 2 is 1.65 bits per heavy atom. The predicted octanol–water partition coefficient (Wildman–Crippen LogP) is 2.27. The number of rotatable bonds is 5. The van der Waals surface area contributed by atoms with E-state index in [4.69, 9.17) is 0 Å². The highest BCUT2D eigenvalue weighted by molar-refractivity contribution is 5.94. The summed E-state index contributed by atoms with van der Waals surface area (Å²) in [7, 11) is 0. The standard InChI is InChI=1S/C21H29N3O2/c1-16(25)18-4-6-20(7-5-18)24-9-8-19(15-24)21(26)23-12-10-22(11-13-23)14-17-2-3-17/h4-7,17,19H,2-3,8-15H2,1H3/t19-/m0/s1. The van der Waals surface area contributed by atoms with Crippen molar-refractivity contribution in [1.82, 2.24) is 9.80 Å². The molecule has 3 fully saturated rings. The number of anilines is 1. The van der Waals surface area contributed by atoms with E-state index in [9.17, 15) is 9.59 Å². The molecule has 1 atom stereocenters. The summed E-state index contributed by atoms with van der Waals surface area (Å²) < 4.78 is 0. The van der Waals surface area contributed by atoms with Crippen molar-refractivity contribution in [2.24, 2.45) is 11.8 Å². The molecule has 0 aromatic heterocycles. The van der Waals surface area contributed by atoms with Gasteiger partial charge in [0.05, 0.1) is 5.92 Å². The van der Waals surface area contributed by atoms with E-state index in [1.54, 1.807) is 6.92 Å². The molecule has 0 bridgehead atoms. The van der Waals surface area contributed by atoms with Gasteiger partial charge < -0.3 is 9.80 Å². The topological polar surface area (TPSA) is 43.9 Å². The van der Waals surface area contributed by atoms with Gasteiger partial charge in [-0.2, -0.15) is 0 Å². The SMILES string of the molecule is CC(=O)c1ccc(N2CC[C@H](C(=O)N3CCN(CC4CC4)CC3)C2)cc1. The van der Waals surface area contributed by atoms with Crippen LogP contribution in [0.1, 0.15) is 36.5 Å². The molecule has 2 saturated heterocycles. The highest BCUT2D eigenvalue weighted by Crippen LogP contribution is 2.30. The van der Waals surface area contributed by atoms with Crippen molar-refractivity contribution in [3.63, 3.8) is 0 Å². The van der Waals surface area contributed by atoms with Crippen LogP contribution in [0, 0.1) is 11.8 Å². The van der Waals surface area contributed by atoms with Crippen LogP contribution in [0.3, 0.4) is 0 Å². The summed E-state index contributed by atoms with van der Waals surface area (Å²) >= 11 is 0. The lowest BCUT2D eigenvalue weighted by molar-refractivity contribution is -0.136. The first-order valence-corrected chi connectivity index (χ1v) is 9.97. The number of hydrogen-bond acceptors (Lipinski definition) is 4. The number of Topliss-reactive ketones (excluding diaryl/α,β-unsaturated/α-hetero) is 1. The number of hydrogen-bond donors (Lipinski definition) is 0. The molecule has 0 radical (unpaired) electrons. The van der Waals surface area contributed by atoms with Crippen LogP contribution in [-0.4, -0.2) is 67.3 Å². The third-order valence-electron chi connectivity index (χ3n) is 6.07. The van der Waals surface area contributed by atoms with Crippen molar-refractivity contribution in [2.75, 3.05) is 50.7 Å². The van der Waals surface area contributed by atoms with Crippen molar-refractivity contribution in [3.05, 3.63) is 29.8 Å². The molecule has 1 aromatic rings. The van der Waals surface area contributed by atoms with Crippen molar-refractivity contribution in [1.29, 1.82) is 0 Å². The number of ketones is 1. The van der Waals surface area contributed by atoms with Gasteiger partial charge in [0.15, 0.2) is 5.78 Å². The van der Waals surface area contributed by atoms with E-state index in [2.05, 4.69) is 14.7 Å². The maximum Gasteiger partial charge on any atom is 0.227 e. The second kappa shape index (κ2) is 7.39. The molecule has 2 aliphatic heterocycles. The third-order valence-corrected chi connectivity index (χ3v) is 6.07. The Labute approximate surface area is 155 Å². The smallest absolute Gasteiger partial charge is 0.227 e. The van der Waals surface area contributed by atoms with Gasteiger partial charge in [0.25, 0.3) is 0 Å². The van der Waals surface area contributed by atoms with Gasteiger partial charge in [-0.1, -0.05) is 0 Å². The fourth-order valence-corrected chi connectivity index (χ4v) is 4.18. The van der Waals surface area contributed by atoms with E-state index >= 15 is 0 Å². The lowest BCUT2D eigenvalue weighted by Crippen LogP contribution is -2.51. The predicted molar refractivity (Wildman–Crippen MR) is 103 cm³/mol. The maximum atomic E-state index is 12.9. The Balaban J connectivity index is 1.29. The summed E-state index contributed by atoms with van der Waals surface area (Å²) in [5.41, 5.74) is 1.85. The molecule has 4 rings (SSSR count). The van der Waals surface area contributed by atoms with E-state index in [1.165, 1.54) is 19.4 Å². The van der Waals surface area contributed by atoms with E-state index in [0.29, 0.717) is 5.91 Å². The number of piperazine rings is 1. The van der Waals surface area contributed by atoms with E-state index in [1.807, 2.05) is 24.3 Å². The lowest BCUT2D eigenvalue weighted by Gasteiger charge is -2.36. The fourth-order valence-electron chi connectivity index (χ4n) is 4.18. The monoisotopic (exact) mass is 355 g/mol. The molecule has 2 heterocycles. The zero-order valence-corrected chi connectivity index (χ0v) is 15.7. The minimum Gasteiger partial charge on any atom is -0.371 e. The highest BCUT2D eigenvalue weighted by Gasteiger charge is 2.33. The van der Waals surface area contributed by atoms with Gasteiger partial charge in [0, 0.05) is 57.1 Å². The molecule has 0 unspecified atom stereocenters. The number of carbonyl (C=O) groups excluding carboxylic acids is 2. The van der Waals surface area contributed by atoms with Gasteiger partial charge in [0.2, 0.25) is 5.91 Å². The lowest BCUT2D eigenvalue weighted by atomic mass is 10.1. The van der Waals surface area contributed by atoms with Crippen LogP contribution in [0.15, 0.2) is 24.3 Å². The molecule has 0 N–H and O–H groups in total. The number of amides is 1. The van der Waals surface area contributed by atoms with Gasteiger partial charge in [0.1, 0.15) is 0 Å². The molecule has 26 heavy (non-hydrogen) atoms. The van der Waals surface area contributed by atoms with Gasteiger partial charge >= 0.3 is 0 Å². The first-order chi connectivity index (χ1) is 12.6. The molecule has 0 spiro atoms. The summed E-state index contributed by atoms with van der Waals surface area (Å²) in [6.45, 7) is 8.36. The molecule has 1 aliphatic carbocycles. The van der Waals surface area contributed by atoms with Gasteiger partial charge in [-0.05, 0) is 56.4 Å². The number of carbonyl (C=O) groups is 2. The summed E-state index contributed by atoms with van der Waals surface area (Å²) in [5, 5.41) is 0. The highest BCUT2D eigenvalue weighted by atomic mass is 16.2. The zero-order valence-electron chi connectivity index (χ0n) is 15.7. The van der Waals surface area contributed by atoms with E-state index in [-0.39, 0.29) is 11.7 Å². The first kappa shape index (κ1) is 17.5. The Morgan fingerprint density at radius 1 is 0.962 bits per heavy atom. The fraction of sp³-hybridized carbons (Fsp3) is 0.619. The van der Waals surface area contributed by atoms with E-state index < -0.39 is 0 Å². The minimum atomic E-state index is 0.0897. The van der Waals surface area contributed by atoms with Crippen molar-refractivity contribution in [3.8, 4) is 0 Å². The summed E-state index contributed by atoms with van der Waals surface area (Å²) in [4.78, 5) is 31.2. The van der Waals surface area contributed by atoms with Crippen LogP contribution in [0.5, 0.6) is 0 Å². The quantitative estimate of drug-likeness (QED) is 0.760. The molecule has 5 nitrogen and oxygen atoms in total. The van der Waals surface area contributed by atoms with Gasteiger partial charge in [-0.3, -0.25) is 14.5 Å². The molecule has 3 aliphatic rings. The van der Waals surface area contributed by atoms with Crippen LogP contribution >= 0.6 is 0 Å². The average Bonchev–Trinajstić information content (AvgIpc) is 3.34. The maximum absolute atomic E-state index is 12.9. The first-order valence-electron chi connectivity index (χ1n) is 9.97. The molecule has 1 amide bonds. The molecule has 1 aromatic carbocycles.